The average molecular weight is 299 g/mol. The Morgan fingerprint density at radius 1 is 1.29 bits per heavy atom. The Morgan fingerprint density at radius 3 is 2.47 bits per heavy atom. The van der Waals surface area contributed by atoms with Crippen LogP contribution in [0.15, 0.2) is 16.7 Å². The third-order valence-corrected chi connectivity index (χ3v) is 3.64. The van der Waals surface area contributed by atoms with Crippen molar-refractivity contribution in [2.75, 3.05) is 36.8 Å². The molecule has 94 valence electrons. The summed E-state index contributed by atoms with van der Waals surface area (Å²) >= 11 is 3.38. The van der Waals surface area contributed by atoms with E-state index in [0.29, 0.717) is 6.04 Å². The number of pyridine rings is 1. The fraction of sp³-hybridized carbons (Fsp3) is 0.583. The zero-order valence-corrected chi connectivity index (χ0v) is 11.9. The minimum absolute atomic E-state index is 0.618. The molecule has 0 radical (unpaired) electrons. The lowest BCUT2D eigenvalue weighted by molar-refractivity contribution is 0.209. The van der Waals surface area contributed by atoms with E-state index in [1.54, 1.807) is 6.20 Å². The van der Waals surface area contributed by atoms with Gasteiger partial charge in [-0.15, -0.1) is 0 Å². The van der Waals surface area contributed by atoms with Crippen molar-refractivity contribution < 1.29 is 0 Å². The summed E-state index contributed by atoms with van der Waals surface area (Å²) in [6, 6.07) is 2.53. The van der Waals surface area contributed by atoms with E-state index < -0.39 is 0 Å². The Hall–Kier alpha value is -0.810. The molecular formula is C12H19BrN4. The van der Waals surface area contributed by atoms with Crippen LogP contribution in [0.2, 0.25) is 0 Å². The monoisotopic (exact) mass is 298 g/mol. The predicted molar refractivity (Wildman–Crippen MR) is 75.3 cm³/mol. The van der Waals surface area contributed by atoms with Crippen molar-refractivity contribution in [1.82, 2.24) is 9.88 Å². The first-order valence-corrected chi connectivity index (χ1v) is 6.77. The lowest BCUT2D eigenvalue weighted by Crippen LogP contribution is -2.49. The third-order valence-electron chi connectivity index (χ3n) is 3.21. The first-order chi connectivity index (χ1) is 8.08. The number of piperazine rings is 1. The summed E-state index contributed by atoms with van der Waals surface area (Å²) in [5.41, 5.74) is 6.75. The van der Waals surface area contributed by atoms with Crippen LogP contribution in [0.5, 0.6) is 0 Å². The van der Waals surface area contributed by atoms with Crippen LogP contribution in [0, 0.1) is 0 Å². The second-order valence-electron chi connectivity index (χ2n) is 4.68. The minimum Gasteiger partial charge on any atom is -0.396 e. The molecule has 1 saturated heterocycles. The molecule has 0 aromatic carbocycles. The predicted octanol–water partition coefficient (Wildman–Crippen LogP) is 1.96. The molecule has 1 aliphatic rings. The highest BCUT2D eigenvalue weighted by molar-refractivity contribution is 9.10. The van der Waals surface area contributed by atoms with E-state index in [1.807, 2.05) is 6.07 Å². The summed E-state index contributed by atoms with van der Waals surface area (Å²) < 4.78 is 0.930. The minimum atomic E-state index is 0.618. The summed E-state index contributed by atoms with van der Waals surface area (Å²) in [6.45, 7) is 8.63. The number of nitrogen functional groups attached to an aromatic ring is 1. The highest BCUT2D eigenvalue weighted by Crippen LogP contribution is 2.24. The Bertz CT molecular complexity index is 386. The number of nitrogens with zero attached hydrogens (tertiary/aromatic N) is 3. The molecular weight excluding hydrogens is 280 g/mol. The van der Waals surface area contributed by atoms with E-state index in [-0.39, 0.29) is 0 Å². The van der Waals surface area contributed by atoms with E-state index in [2.05, 4.69) is 44.6 Å². The smallest absolute Gasteiger partial charge is 0.151 e. The maximum Gasteiger partial charge on any atom is 0.151 e. The molecule has 0 bridgehead atoms. The SMILES string of the molecule is CC(C)N1CCN(c2ncc(Br)cc2N)CC1. The van der Waals surface area contributed by atoms with Crippen LogP contribution in [0.1, 0.15) is 13.8 Å². The van der Waals surface area contributed by atoms with Crippen molar-refractivity contribution in [3.63, 3.8) is 0 Å². The van der Waals surface area contributed by atoms with Gasteiger partial charge in [0.15, 0.2) is 5.82 Å². The molecule has 0 spiro atoms. The molecule has 0 saturated carbocycles. The van der Waals surface area contributed by atoms with E-state index >= 15 is 0 Å². The number of hydrogen-bond donors (Lipinski definition) is 1. The van der Waals surface area contributed by atoms with Crippen LogP contribution in [-0.4, -0.2) is 42.1 Å². The van der Waals surface area contributed by atoms with Crippen LogP contribution in [0.25, 0.3) is 0 Å². The molecule has 0 aliphatic carbocycles. The van der Waals surface area contributed by atoms with Crippen molar-refractivity contribution >= 4 is 27.4 Å². The quantitative estimate of drug-likeness (QED) is 0.907. The lowest BCUT2D eigenvalue weighted by atomic mass is 10.2. The Kier molecular flexibility index (Phi) is 3.89. The number of aromatic nitrogens is 1. The molecule has 0 atom stereocenters. The van der Waals surface area contributed by atoms with Crippen LogP contribution in [-0.2, 0) is 0 Å². The molecule has 5 heteroatoms. The molecule has 2 heterocycles. The first-order valence-electron chi connectivity index (χ1n) is 5.98. The van der Waals surface area contributed by atoms with Crippen LogP contribution < -0.4 is 10.6 Å². The third kappa shape index (κ3) is 2.90. The van der Waals surface area contributed by atoms with Gasteiger partial charge in [-0.3, -0.25) is 4.90 Å². The van der Waals surface area contributed by atoms with Gasteiger partial charge in [-0.1, -0.05) is 0 Å². The normalized spacial score (nSPS) is 17.8. The van der Waals surface area contributed by atoms with Gasteiger partial charge < -0.3 is 10.6 Å². The molecule has 4 nitrogen and oxygen atoms in total. The lowest BCUT2D eigenvalue weighted by Gasteiger charge is -2.37. The maximum absolute atomic E-state index is 6.00. The van der Waals surface area contributed by atoms with Gasteiger partial charge in [0.25, 0.3) is 0 Å². The van der Waals surface area contributed by atoms with E-state index in [4.69, 9.17) is 5.73 Å². The second-order valence-corrected chi connectivity index (χ2v) is 5.60. The van der Waals surface area contributed by atoms with Gasteiger partial charge >= 0.3 is 0 Å². The average Bonchev–Trinajstić information content (AvgIpc) is 2.29. The summed E-state index contributed by atoms with van der Waals surface area (Å²) in [6.07, 6.45) is 1.81. The zero-order valence-electron chi connectivity index (χ0n) is 10.4. The Morgan fingerprint density at radius 2 is 1.94 bits per heavy atom. The van der Waals surface area contributed by atoms with Gasteiger partial charge in [-0.25, -0.2) is 4.98 Å². The Balaban J connectivity index is 2.05. The van der Waals surface area contributed by atoms with Crippen molar-refractivity contribution in [3.8, 4) is 0 Å². The van der Waals surface area contributed by atoms with Gasteiger partial charge in [0.1, 0.15) is 0 Å². The summed E-state index contributed by atoms with van der Waals surface area (Å²) in [4.78, 5) is 9.15. The molecule has 17 heavy (non-hydrogen) atoms. The largest absolute Gasteiger partial charge is 0.396 e. The Labute approximate surface area is 111 Å². The van der Waals surface area contributed by atoms with E-state index in [9.17, 15) is 0 Å². The van der Waals surface area contributed by atoms with E-state index in [0.717, 1.165) is 42.2 Å². The molecule has 1 aromatic heterocycles. The fourth-order valence-electron chi connectivity index (χ4n) is 2.16. The van der Waals surface area contributed by atoms with Crippen LogP contribution in [0.4, 0.5) is 11.5 Å². The second kappa shape index (κ2) is 5.23. The summed E-state index contributed by atoms with van der Waals surface area (Å²) in [5, 5.41) is 0. The highest BCUT2D eigenvalue weighted by Gasteiger charge is 2.20. The van der Waals surface area contributed by atoms with Crippen LogP contribution >= 0.6 is 15.9 Å². The first kappa shape index (κ1) is 12.6. The molecule has 0 amide bonds. The summed E-state index contributed by atoms with van der Waals surface area (Å²) in [5.74, 6) is 0.914. The van der Waals surface area contributed by atoms with Crippen molar-refractivity contribution in [1.29, 1.82) is 0 Å². The number of nitrogens with two attached hydrogens (primary N) is 1. The maximum atomic E-state index is 6.00. The van der Waals surface area contributed by atoms with Gasteiger partial charge in [0, 0.05) is 42.9 Å². The van der Waals surface area contributed by atoms with Crippen molar-refractivity contribution in [2.24, 2.45) is 0 Å². The van der Waals surface area contributed by atoms with Crippen molar-refractivity contribution in [3.05, 3.63) is 16.7 Å². The molecule has 1 aromatic rings. The standard InChI is InChI=1S/C12H19BrN4/c1-9(2)16-3-5-17(6-4-16)12-11(14)7-10(13)8-15-12/h7-9H,3-6,14H2,1-2H3. The van der Waals surface area contributed by atoms with E-state index in [1.165, 1.54) is 0 Å². The molecule has 1 fully saturated rings. The fourth-order valence-corrected chi connectivity index (χ4v) is 2.51. The molecule has 2 N–H and O–H groups in total. The molecule has 2 rings (SSSR count). The van der Waals surface area contributed by atoms with Crippen LogP contribution in [0.3, 0.4) is 0 Å². The zero-order chi connectivity index (χ0) is 12.4. The number of hydrogen-bond acceptors (Lipinski definition) is 4. The van der Waals surface area contributed by atoms with Gasteiger partial charge in [0.05, 0.1) is 5.69 Å². The van der Waals surface area contributed by atoms with Gasteiger partial charge in [0.2, 0.25) is 0 Å². The van der Waals surface area contributed by atoms with Gasteiger partial charge in [-0.2, -0.15) is 0 Å². The topological polar surface area (TPSA) is 45.4 Å². The van der Waals surface area contributed by atoms with Crippen molar-refractivity contribution in [2.45, 2.75) is 19.9 Å². The number of rotatable bonds is 2. The number of anilines is 2. The summed E-state index contributed by atoms with van der Waals surface area (Å²) in [7, 11) is 0. The molecule has 1 aliphatic heterocycles. The highest BCUT2D eigenvalue weighted by atomic mass is 79.9. The van der Waals surface area contributed by atoms with Gasteiger partial charge in [-0.05, 0) is 35.8 Å². The number of halogens is 1. The molecule has 0 unspecified atom stereocenters.